The van der Waals surface area contributed by atoms with Crippen molar-refractivity contribution in [2.45, 2.75) is 19.4 Å². The van der Waals surface area contributed by atoms with Gasteiger partial charge in [-0.05, 0) is 22.4 Å². The number of hydrogen-bond donors (Lipinski definition) is 0. The largest absolute Gasteiger partial charge is 0.377 e. The van der Waals surface area contributed by atoms with E-state index in [0.29, 0.717) is 6.04 Å². The Labute approximate surface area is 95.4 Å². The van der Waals surface area contributed by atoms with E-state index in [1.54, 1.807) is 11.3 Å². The van der Waals surface area contributed by atoms with Crippen LogP contribution in [0.2, 0.25) is 0 Å². The monoisotopic (exact) mass is 277 g/mol. The summed E-state index contributed by atoms with van der Waals surface area (Å²) in [7, 11) is 0. The Morgan fingerprint density at radius 3 is 3.14 bits per heavy atom. The maximum Gasteiger partial charge on any atom is 0.209 e. The number of rotatable bonds is 2. The molecule has 1 saturated heterocycles. The quantitative estimate of drug-likeness (QED) is 0.828. The van der Waals surface area contributed by atoms with Gasteiger partial charge in [0.15, 0.2) is 3.92 Å². The fraction of sp³-hybridized carbons (Fsp3) is 0.750. The van der Waals surface area contributed by atoms with Gasteiger partial charge in [0.25, 0.3) is 0 Å². The number of morpholine rings is 1. The van der Waals surface area contributed by atoms with Crippen molar-refractivity contribution in [3.63, 3.8) is 0 Å². The molecule has 78 valence electrons. The van der Waals surface area contributed by atoms with Crippen LogP contribution in [0.4, 0.5) is 5.13 Å². The van der Waals surface area contributed by atoms with Gasteiger partial charge in [-0.25, -0.2) is 0 Å². The van der Waals surface area contributed by atoms with Crippen molar-refractivity contribution in [1.82, 2.24) is 10.2 Å². The minimum absolute atomic E-state index is 0.448. The Morgan fingerprint density at radius 2 is 2.50 bits per heavy atom. The Kier molecular flexibility index (Phi) is 3.35. The summed E-state index contributed by atoms with van der Waals surface area (Å²) in [6.07, 6.45) is 1.08. The van der Waals surface area contributed by atoms with Gasteiger partial charge in [-0.3, -0.25) is 0 Å². The number of hydrogen-bond acceptors (Lipinski definition) is 5. The van der Waals surface area contributed by atoms with E-state index in [1.165, 1.54) is 0 Å². The zero-order valence-electron chi connectivity index (χ0n) is 7.94. The van der Waals surface area contributed by atoms with Crippen LogP contribution in [0.25, 0.3) is 0 Å². The third-order valence-corrected chi connectivity index (χ3v) is 3.73. The van der Waals surface area contributed by atoms with E-state index in [0.717, 1.165) is 35.2 Å². The SMILES string of the molecule is CCC1COCCN1c1nnc(Br)s1. The minimum atomic E-state index is 0.448. The van der Waals surface area contributed by atoms with Gasteiger partial charge in [0.2, 0.25) is 5.13 Å². The van der Waals surface area contributed by atoms with Gasteiger partial charge < -0.3 is 9.64 Å². The molecule has 2 heterocycles. The molecule has 0 amide bonds. The first-order chi connectivity index (χ1) is 6.81. The molecule has 1 aliphatic rings. The zero-order valence-corrected chi connectivity index (χ0v) is 10.3. The highest BCUT2D eigenvalue weighted by atomic mass is 79.9. The van der Waals surface area contributed by atoms with Crippen LogP contribution in [-0.4, -0.2) is 36.0 Å². The second kappa shape index (κ2) is 4.55. The van der Waals surface area contributed by atoms with Crippen LogP contribution >= 0.6 is 27.3 Å². The molecule has 2 rings (SSSR count). The van der Waals surface area contributed by atoms with Crippen LogP contribution < -0.4 is 4.90 Å². The van der Waals surface area contributed by atoms with Crippen molar-refractivity contribution in [3.8, 4) is 0 Å². The lowest BCUT2D eigenvalue weighted by Gasteiger charge is -2.34. The molecule has 0 aromatic carbocycles. The fourth-order valence-electron chi connectivity index (χ4n) is 1.56. The number of anilines is 1. The summed E-state index contributed by atoms with van der Waals surface area (Å²) in [6.45, 7) is 4.67. The van der Waals surface area contributed by atoms with E-state index in [4.69, 9.17) is 4.74 Å². The summed E-state index contributed by atoms with van der Waals surface area (Å²) in [5, 5.41) is 9.09. The summed E-state index contributed by atoms with van der Waals surface area (Å²) < 4.78 is 6.28. The summed E-state index contributed by atoms with van der Waals surface area (Å²) in [5.41, 5.74) is 0. The van der Waals surface area contributed by atoms with Gasteiger partial charge >= 0.3 is 0 Å². The van der Waals surface area contributed by atoms with E-state index < -0.39 is 0 Å². The molecule has 1 unspecified atom stereocenters. The molecule has 0 aliphatic carbocycles. The predicted molar refractivity (Wildman–Crippen MR) is 59.9 cm³/mol. The molecule has 6 heteroatoms. The van der Waals surface area contributed by atoms with Crippen molar-refractivity contribution < 1.29 is 4.74 Å². The lowest BCUT2D eigenvalue weighted by Crippen LogP contribution is -2.45. The fourth-order valence-corrected chi connectivity index (χ4v) is 2.74. The average Bonchev–Trinajstić information content (AvgIpc) is 2.65. The minimum Gasteiger partial charge on any atom is -0.377 e. The Hall–Kier alpha value is -0.200. The van der Waals surface area contributed by atoms with E-state index >= 15 is 0 Å². The highest BCUT2D eigenvalue weighted by molar-refractivity contribution is 9.11. The number of ether oxygens (including phenoxy) is 1. The number of nitrogens with zero attached hydrogens (tertiary/aromatic N) is 3. The highest BCUT2D eigenvalue weighted by Gasteiger charge is 2.24. The summed E-state index contributed by atoms with van der Waals surface area (Å²) in [5.74, 6) is 0. The molecule has 14 heavy (non-hydrogen) atoms. The van der Waals surface area contributed by atoms with E-state index in [2.05, 4.69) is 38.0 Å². The molecule has 0 N–H and O–H groups in total. The van der Waals surface area contributed by atoms with Gasteiger partial charge in [0, 0.05) is 6.54 Å². The van der Waals surface area contributed by atoms with Gasteiger partial charge in [0.05, 0.1) is 19.3 Å². The molecule has 0 saturated carbocycles. The van der Waals surface area contributed by atoms with Gasteiger partial charge in [-0.2, -0.15) is 0 Å². The number of aromatic nitrogens is 2. The Morgan fingerprint density at radius 1 is 1.64 bits per heavy atom. The van der Waals surface area contributed by atoms with Crippen LogP contribution in [-0.2, 0) is 4.74 Å². The molecule has 4 nitrogen and oxygen atoms in total. The molecule has 1 atom stereocenters. The predicted octanol–water partition coefficient (Wildman–Crippen LogP) is 1.92. The van der Waals surface area contributed by atoms with Crippen molar-refractivity contribution in [1.29, 1.82) is 0 Å². The second-order valence-corrected chi connectivity index (χ2v) is 5.40. The first-order valence-electron chi connectivity index (χ1n) is 4.64. The Balaban J connectivity index is 2.14. The van der Waals surface area contributed by atoms with Gasteiger partial charge in [-0.15, -0.1) is 10.2 Å². The summed E-state index contributed by atoms with van der Waals surface area (Å²) >= 11 is 4.91. The molecule has 0 spiro atoms. The Bertz CT molecular complexity index is 307. The average molecular weight is 278 g/mol. The normalized spacial score (nSPS) is 22.7. The van der Waals surface area contributed by atoms with E-state index in [1.807, 2.05) is 0 Å². The van der Waals surface area contributed by atoms with Crippen molar-refractivity contribution in [2.75, 3.05) is 24.7 Å². The summed E-state index contributed by atoms with van der Waals surface area (Å²) in [4.78, 5) is 2.28. The molecular formula is C8H12BrN3OS. The van der Waals surface area contributed by atoms with E-state index in [9.17, 15) is 0 Å². The highest BCUT2D eigenvalue weighted by Crippen LogP contribution is 2.27. The van der Waals surface area contributed by atoms with Crippen LogP contribution in [0.5, 0.6) is 0 Å². The molecule has 1 fully saturated rings. The maximum atomic E-state index is 5.43. The molecule has 1 aromatic heterocycles. The number of halogens is 1. The third-order valence-electron chi connectivity index (χ3n) is 2.33. The second-order valence-electron chi connectivity index (χ2n) is 3.17. The van der Waals surface area contributed by atoms with Crippen molar-refractivity contribution in [2.24, 2.45) is 0 Å². The van der Waals surface area contributed by atoms with Crippen LogP contribution in [0.3, 0.4) is 0 Å². The maximum absolute atomic E-state index is 5.43. The smallest absolute Gasteiger partial charge is 0.209 e. The first-order valence-corrected chi connectivity index (χ1v) is 6.25. The molecule has 0 radical (unpaired) electrons. The van der Waals surface area contributed by atoms with E-state index in [-0.39, 0.29) is 0 Å². The van der Waals surface area contributed by atoms with Gasteiger partial charge in [-0.1, -0.05) is 18.3 Å². The molecular weight excluding hydrogens is 266 g/mol. The lowest BCUT2D eigenvalue weighted by atomic mass is 10.2. The molecule has 1 aromatic rings. The molecule has 1 aliphatic heterocycles. The lowest BCUT2D eigenvalue weighted by molar-refractivity contribution is 0.0929. The zero-order chi connectivity index (χ0) is 9.97. The van der Waals surface area contributed by atoms with Crippen LogP contribution in [0.1, 0.15) is 13.3 Å². The molecule has 0 bridgehead atoms. The van der Waals surface area contributed by atoms with Crippen LogP contribution in [0.15, 0.2) is 3.92 Å². The van der Waals surface area contributed by atoms with Crippen molar-refractivity contribution in [3.05, 3.63) is 3.92 Å². The third kappa shape index (κ3) is 2.07. The first kappa shape index (κ1) is 10.3. The standard InChI is InChI=1S/C8H12BrN3OS/c1-2-6-5-13-4-3-12(6)8-11-10-7(9)14-8/h6H,2-5H2,1H3. The summed E-state index contributed by atoms with van der Waals surface area (Å²) in [6, 6.07) is 0.448. The topological polar surface area (TPSA) is 38.2 Å². The van der Waals surface area contributed by atoms with Gasteiger partial charge in [0.1, 0.15) is 0 Å². The van der Waals surface area contributed by atoms with Crippen LogP contribution in [0, 0.1) is 0 Å². The van der Waals surface area contributed by atoms with Crippen molar-refractivity contribution >= 4 is 32.4 Å².